The Labute approximate surface area is 229 Å². The van der Waals surface area contributed by atoms with Gasteiger partial charge in [-0.25, -0.2) is 9.67 Å². The van der Waals surface area contributed by atoms with Crippen molar-refractivity contribution in [3.63, 3.8) is 0 Å². The highest BCUT2D eigenvalue weighted by atomic mass is 16.5. The van der Waals surface area contributed by atoms with Gasteiger partial charge in [-0.15, -0.1) is 0 Å². The van der Waals surface area contributed by atoms with Gasteiger partial charge >= 0.3 is 0 Å². The third-order valence-corrected chi connectivity index (χ3v) is 7.88. The number of nitrogens with zero attached hydrogens (tertiary/aromatic N) is 6. The first kappa shape index (κ1) is 27.0. The van der Waals surface area contributed by atoms with Crippen LogP contribution < -0.4 is 4.74 Å². The van der Waals surface area contributed by atoms with Crippen LogP contribution in [0.2, 0.25) is 0 Å². The Morgan fingerprint density at radius 1 is 1.13 bits per heavy atom. The lowest BCUT2D eigenvalue weighted by Gasteiger charge is -2.41. The van der Waals surface area contributed by atoms with Crippen LogP contribution in [-0.2, 0) is 16.6 Å². The minimum absolute atomic E-state index is 0.0333. The largest absolute Gasteiger partial charge is 0.489 e. The highest BCUT2D eigenvalue weighted by molar-refractivity contribution is 5.98. The number of carbonyl (C=O) groups excluding carboxylic acids is 1. The van der Waals surface area contributed by atoms with Gasteiger partial charge in [-0.2, -0.15) is 10.4 Å². The molecule has 0 amide bonds. The van der Waals surface area contributed by atoms with Crippen LogP contribution in [0.15, 0.2) is 42.9 Å². The van der Waals surface area contributed by atoms with Crippen molar-refractivity contribution >= 4 is 5.78 Å². The Morgan fingerprint density at radius 3 is 2.51 bits per heavy atom. The van der Waals surface area contributed by atoms with Crippen molar-refractivity contribution in [3.8, 4) is 17.6 Å². The third-order valence-electron chi connectivity index (χ3n) is 7.88. The van der Waals surface area contributed by atoms with E-state index in [0.717, 1.165) is 68.9 Å². The van der Waals surface area contributed by atoms with E-state index >= 15 is 0 Å². The fourth-order valence-electron chi connectivity index (χ4n) is 5.68. The average Bonchev–Trinajstić information content (AvgIpc) is 3.35. The number of hydrogen-bond acceptors (Lipinski definition) is 8. The maximum atomic E-state index is 13.2. The summed E-state index contributed by atoms with van der Waals surface area (Å²) in [4.78, 5) is 24.8. The minimum atomic E-state index is -0.564. The van der Waals surface area contributed by atoms with Gasteiger partial charge in [0.05, 0.1) is 60.1 Å². The summed E-state index contributed by atoms with van der Waals surface area (Å²) in [5, 5.41) is 14.5. The second-order valence-corrected chi connectivity index (χ2v) is 10.8. The van der Waals surface area contributed by atoms with Gasteiger partial charge < -0.3 is 9.47 Å². The SMILES string of the molecule is Cc1c(C(=O)Cc2ccc(C3(C#N)CCC(N4CCOCC4)CC3)nc2)cnn1-c1ccc(OC(C)C)cn1. The van der Waals surface area contributed by atoms with E-state index in [1.54, 1.807) is 23.3 Å². The van der Waals surface area contributed by atoms with Gasteiger partial charge in [-0.1, -0.05) is 6.07 Å². The molecule has 3 aromatic heterocycles. The molecule has 1 aliphatic heterocycles. The molecule has 0 N–H and O–H groups in total. The zero-order valence-electron chi connectivity index (χ0n) is 23.0. The van der Waals surface area contributed by atoms with Gasteiger partial charge in [0.25, 0.3) is 0 Å². The van der Waals surface area contributed by atoms with Crippen molar-refractivity contribution in [3.05, 3.63) is 65.4 Å². The van der Waals surface area contributed by atoms with Crippen LogP contribution in [0.5, 0.6) is 5.75 Å². The van der Waals surface area contributed by atoms with E-state index in [1.807, 2.05) is 45.0 Å². The van der Waals surface area contributed by atoms with Crippen LogP contribution >= 0.6 is 0 Å². The first-order valence-corrected chi connectivity index (χ1v) is 13.8. The van der Waals surface area contributed by atoms with Crippen molar-refractivity contribution in [2.45, 2.75) is 70.4 Å². The number of hydrogen-bond donors (Lipinski definition) is 0. The Morgan fingerprint density at radius 2 is 1.90 bits per heavy atom. The van der Waals surface area contributed by atoms with Crippen LogP contribution in [0.3, 0.4) is 0 Å². The molecule has 1 aliphatic carbocycles. The molecule has 1 saturated carbocycles. The van der Waals surface area contributed by atoms with Crippen molar-refractivity contribution in [2.24, 2.45) is 0 Å². The molecule has 5 rings (SSSR count). The van der Waals surface area contributed by atoms with Crippen LogP contribution in [0.25, 0.3) is 5.82 Å². The van der Waals surface area contributed by atoms with Gasteiger partial charge in [0.15, 0.2) is 11.6 Å². The zero-order chi connectivity index (χ0) is 27.4. The standard InChI is InChI=1S/C30H36N6O3/c1-21(2)39-25-5-7-29(33-18-25)36-22(3)26(19-34-36)27(37)16-23-4-6-28(32-17-23)30(20-31)10-8-24(9-11-30)35-12-14-38-15-13-35/h4-7,17-19,21,24H,8-16H2,1-3H3. The molecule has 0 aromatic carbocycles. The Hall–Kier alpha value is -3.61. The van der Waals surface area contributed by atoms with Gasteiger partial charge in [-0.3, -0.25) is 14.7 Å². The fourth-order valence-corrected chi connectivity index (χ4v) is 5.68. The predicted molar refractivity (Wildman–Crippen MR) is 146 cm³/mol. The van der Waals surface area contributed by atoms with E-state index in [-0.39, 0.29) is 18.3 Å². The summed E-state index contributed by atoms with van der Waals surface area (Å²) in [6.45, 7) is 9.32. The summed E-state index contributed by atoms with van der Waals surface area (Å²) in [5.74, 6) is 1.28. The van der Waals surface area contributed by atoms with Crippen LogP contribution in [-0.4, -0.2) is 68.9 Å². The van der Waals surface area contributed by atoms with E-state index in [9.17, 15) is 10.1 Å². The lowest BCUT2D eigenvalue weighted by molar-refractivity contribution is 0.00493. The Kier molecular flexibility index (Phi) is 8.05. The smallest absolute Gasteiger partial charge is 0.170 e. The highest BCUT2D eigenvalue weighted by Crippen LogP contribution is 2.39. The second-order valence-electron chi connectivity index (χ2n) is 10.8. The Bertz CT molecular complexity index is 1310. The molecule has 0 spiro atoms. The summed E-state index contributed by atoms with van der Waals surface area (Å²) in [6.07, 6.45) is 8.86. The van der Waals surface area contributed by atoms with Crippen molar-refractivity contribution in [1.29, 1.82) is 5.26 Å². The topological polar surface area (TPSA) is 106 Å². The summed E-state index contributed by atoms with van der Waals surface area (Å²) < 4.78 is 12.8. The molecule has 0 bridgehead atoms. The summed E-state index contributed by atoms with van der Waals surface area (Å²) in [7, 11) is 0. The summed E-state index contributed by atoms with van der Waals surface area (Å²) >= 11 is 0. The molecule has 9 nitrogen and oxygen atoms in total. The normalized spacial score (nSPS) is 22.0. The summed E-state index contributed by atoms with van der Waals surface area (Å²) in [6, 6.07) is 10.6. The number of ketones is 1. The molecular weight excluding hydrogens is 492 g/mol. The first-order valence-electron chi connectivity index (χ1n) is 13.8. The lowest BCUT2D eigenvalue weighted by Crippen LogP contribution is -2.47. The molecule has 9 heteroatoms. The number of carbonyl (C=O) groups is 1. The maximum Gasteiger partial charge on any atom is 0.170 e. The van der Waals surface area contributed by atoms with Gasteiger partial charge in [0, 0.05) is 31.7 Å². The number of pyridine rings is 2. The van der Waals surface area contributed by atoms with Gasteiger partial charge in [0.2, 0.25) is 0 Å². The van der Waals surface area contributed by atoms with Crippen molar-refractivity contribution < 1.29 is 14.3 Å². The van der Waals surface area contributed by atoms with Gasteiger partial charge in [-0.05, 0) is 70.2 Å². The van der Waals surface area contributed by atoms with Crippen LogP contribution in [0.1, 0.15) is 66.8 Å². The quantitative estimate of drug-likeness (QED) is 0.400. The van der Waals surface area contributed by atoms with Crippen LogP contribution in [0, 0.1) is 18.3 Å². The zero-order valence-corrected chi connectivity index (χ0v) is 23.0. The number of aromatic nitrogens is 4. The number of ether oxygens (including phenoxy) is 2. The highest BCUT2D eigenvalue weighted by Gasteiger charge is 2.40. The molecule has 0 unspecified atom stereocenters. The molecule has 2 aliphatic rings. The van der Waals surface area contributed by atoms with E-state index in [4.69, 9.17) is 9.47 Å². The van der Waals surface area contributed by atoms with Crippen molar-refractivity contribution in [2.75, 3.05) is 26.3 Å². The number of nitriles is 1. The van der Waals surface area contributed by atoms with E-state index < -0.39 is 5.41 Å². The Balaban J connectivity index is 1.23. The number of morpholine rings is 1. The van der Waals surface area contributed by atoms with Crippen molar-refractivity contribution in [1.82, 2.24) is 24.6 Å². The molecule has 4 heterocycles. The molecule has 39 heavy (non-hydrogen) atoms. The lowest BCUT2D eigenvalue weighted by atomic mass is 9.71. The summed E-state index contributed by atoms with van der Waals surface area (Å²) in [5.41, 5.74) is 2.35. The van der Waals surface area contributed by atoms with Gasteiger partial charge in [0.1, 0.15) is 5.75 Å². The van der Waals surface area contributed by atoms with E-state index in [2.05, 4.69) is 26.0 Å². The average molecular weight is 529 g/mol. The molecular formula is C30H36N6O3. The monoisotopic (exact) mass is 528 g/mol. The van der Waals surface area contributed by atoms with E-state index in [1.165, 1.54) is 0 Å². The number of Topliss-reactive ketones (excluding diaryl/α,β-unsaturated/α-hetero) is 1. The first-order chi connectivity index (χ1) is 18.9. The molecule has 2 fully saturated rings. The number of rotatable bonds is 8. The molecule has 3 aromatic rings. The predicted octanol–water partition coefficient (Wildman–Crippen LogP) is 4.22. The third kappa shape index (κ3) is 5.87. The fraction of sp³-hybridized carbons (Fsp3) is 0.500. The molecule has 0 radical (unpaired) electrons. The molecule has 1 saturated heterocycles. The molecule has 0 atom stereocenters. The van der Waals surface area contributed by atoms with Crippen LogP contribution in [0.4, 0.5) is 0 Å². The minimum Gasteiger partial charge on any atom is -0.489 e. The molecule has 204 valence electrons. The second kappa shape index (κ2) is 11.6. The van der Waals surface area contributed by atoms with E-state index in [0.29, 0.717) is 23.2 Å². The maximum absolute atomic E-state index is 13.2.